The smallest absolute Gasteiger partial charge is 0.203 e. The Kier molecular flexibility index (Phi) is 5.71. The van der Waals surface area contributed by atoms with Gasteiger partial charge in [0.2, 0.25) is 5.75 Å². The molecule has 0 unspecified atom stereocenters. The molecule has 6 nitrogen and oxygen atoms in total. The molecule has 2 aromatic carbocycles. The van der Waals surface area contributed by atoms with E-state index in [-0.39, 0.29) is 0 Å². The molecule has 7 heteroatoms. The minimum Gasteiger partial charge on any atom is -0.494 e. The highest BCUT2D eigenvalue weighted by Gasteiger charge is 2.19. The highest BCUT2D eigenvalue weighted by Crippen LogP contribution is 2.45. The number of rotatable bonds is 7. The van der Waals surface area contributed by atoms with E-state index in [1.165, 1.54) is 11.3 Å². The van der Waals surface area contributed by atoms with E-state index in [9.17, 15) is 0 Å². The molecule has 142 valence electrons. The Morgan fingerprint density at radius 3 is 2.07 bits per heavy atom. The predicted molar refractivity (Wildman–Crippen MR) is 108 cm³/mol. The van der Waals surface area contributed by atoms with E-state index in [0.717, 1.165) is 27.4 Å². The lowest BCUT2D eigenvalue weighted by molar-refractivity contribution is 0.324. The summed E-state index contributed by atoms with van der Waals surface area (Å²) in [7, 11) is 4.75. The third kappa shape index (κ3) is 3.78. The first-order valence-corrected chi connectivity index (χ1v) is 9.22. The summed E-state index contributed by atoms with van der Waals surface area (Å²) in [5, 5.41) is 0.489. The molecule has 0 bridgehead atoms. The fourth-order valence-electron chi connectivity index (χ4n) is 2.81. The molecule has 3 aromatic rings. The zero-order valence-corrected chi connectivity index (χ0v) is 16.6. The fourth-order valence-corrected chi connectivity index (χ4v) is 3.68. The number of anilines is 1. The fraction of sp³-hybridized carbons (Fsp3) is 0.250. The van der Waals surface area contributed by atoms with Gasteiger partial charge in [-0.2, -0.15) is 0 Å². The second-order valence-electron chi connectivity index (χ2n) is 5.60. The topological polar surface area (TPSA) is 75.8 Å². The first-order chi connectivity index (χ1) is 13.1. The first-order valence-electron chi connectivity index (χ1n) is 8.41. The number of nitrogens with zero attached hydrogens (tertiary/aromatic N) is 1. The Bertz CT molecular complexity index is 897. The van der Waals surface area contributed by atoms with Crippen molar-refractivity contribution in [3.63, 3.8) is 0 Å². The minimum absolute atomic E-state index is 0.489. The van der Waals surface area contributed by atoms with Gasteiger partial charge in [0.1, 0.15) is 5.75 Å². The van der Waals surface area contributed by atoms with Gasteiger partial charge < -0.3 is 24.7 Å². The van der Waals surface area contributed by atoms with Crippen LogP contribution in [0.15, 0.2) is 36.4 Å². The van der Waals surface area contributed by atoms with Gasteiger partial charge in [0.05, 0.1) is 38.5 Å². The van der Waals surface area contributed by atoms with Crippen LogP contribution in [0.1, 0.15) is 6.92 Å². The van der Waals surface area contributed by atoms with Crippen molar-refractivity contribution in [3.8, 4) is 44.7 Å². The number of nitrogens with two attached hydrogens (primary N) is 1. The van der Waals surface area contributed by atoms with Gasteiger partial charge in [0, 0.05) is 5.56 Å². The van der Waals surface area contributed by atoms with Crippen LogP contribution in [0.25, 0.3) is 21.7 Å². The molecule has 0 atom stereocenters. The molecule has 0 saturated carbocycles. The zero-order chi connectivity index (χ0) is 19.4. The Balaban J connectivity index is 2.11. The first kappa shape index (κ1) is 18.8. The minimum atomic E-state index is 0.489. The number of thiazole rings is 1. The van der Waals surface area contributed by atoms with E-state index in [4.69, 9.17) is 24.7 Å². The van der Waals surface area contributed by atoms with Crippen molar-refractivity contribution in [2.45, 2.75) is 6.92 Å². The number of hydrogen-bond donors (Lipinski definition) is 1. The van der Waals surface area contributed by atoms with E-state index >= 15 is 0 Å². The number of ether oxygens (including phenoxy) is 4. The molecular formula is C20H22N2O4S. The average molecular weight is 386 g/mol. The number of methoxy groups -OCH3 is 3. The van der Waals surface area contributed by atoms with Crippen molar-refractivity contribution in [3.05, 3.63) is 36.4 Å². The van der Waals surface area contributed by atoms with Gasteiger partial charge in [-0.3, -0.25) is 0 Å². The van der Waals surface area contributed by atoms with Crippen LogP contribution in [0, 0.1) is 0 Å². The van der Waals surface area contributed by atoms with Gasteiger partial charge in [-0.15, -0.1) is 0 Å². The van der Waals surface area contributed by atoms with Gasteiger partial charge in [0.15, 0.2) is 16.6 Å². The molecule has 0 amide bonds. The van der Waals surface area contributed by atoms with Gasteiger partial charge in [0.25, 0.3) is 0 Å². The Morgan fingerprint density at radius 1 is 0.926 bits per heavy atom. The van der Waals surface area contributed by atoms with Gasteiger partial charge in [-0.25, -0.2) is 4.98 Å². The molecule has 3 rings (SSSR count). The van der Waals surface area contributed by atoms with Gasteiger partial charge in [-0.1, -0.05) is 11.3 Å². The summed E-state index contributed by atoms with van der Waals surface area (Å²) in [6.07, 6.45) is 0. The Hall–Kier alpha value is -2.93. The van der Waals surface area contributed by atoms with Crippen LogP contribution in [-0.2, 0) is 0 Å². The van der Waals surface area contributed by atoms with E-state index in [1.54, 1.807) is 21.3 Å². The molecule has 1 aromatic heterocycles. The second-order valence-corrected chi connectivity index (χ2v) is 6.63. The lowest BCUT2D eigenvalue weighted by atomic mass is 10.1. The molecule has 0 aliphatic carbocycles. The van der Waals surface area contributed by atoms with E-state index in [0.29, 0.717) is 29.0 Å². The molecule has 0 saturated heterocycles. The SMILES string of the molecule is CCOc1ccc(-c2sc(N)nc2-c2cc(OC)c(OC)c(OC)c2)cc1. The van der Waals surface area contributed by atoms with Crippen molar-refractivity contribution in [2.24, 2.45) is 0 Å². The highest BCUT2D eigenvalue weighted by atomic mass is 32.1. The number of hydrogen-bond acceptors (Lipinski definition) is 7. The molecule has 2 N–H and O–H groups in total. The van der Waals surface area contributed by atoms with Crippen molar-refractivity contribution in [1.29, 1.82) is 0 Å². The Labute approximate surface area is 162 Å². The molecular weight excluding hydrogens is 364 g/mol. The molecule has 0 aliphatic heterocycles. The van der Waals surface area contributed by atoms with Gasteiger partial charge >= 0.3 is 0 Å². The predicted octanol–water partition coefficient (Wildman–Crippen LogP) is 4.48. The van der Waals surface area contributed by atoms with Crippen LogP contribution in [0.4, 0.5) is 5.13 Å². The molecule has 0 spiro atoms. The summed E-state index contributed by atoms with van der Waals surface area (Å²) in [6, 6.07) is 11.6. The number of aromatic nitrogens is 1. The summed E-state index contributed by atoms with van der Waals surface area (Å²) < 4.78 is 21.8. The van der Waals surface area contributed by atoms with Crippen LogP contribution in [-0.4, -0.2) is 32.9 Å². The molecule has 0 radical (unpaired) electrons. The number of benzene rings is 2. The summed E-state index contributed by atoms with van der Waals surface area (Å²) in [4.78, 5) is 5.50. The van der Waals surface area contributed by atoms with Crippen LogP contribution in [0.2, 0.25) is 0 Å². The third-order valence-electron chi connectivity index (χ3n) is 4.01. The quantitative estimate of drug-likeness (QED) is 0.645. The summed E-state index contributed by atoms with van der Waals surface area (Å²) >= 11 is 1.43. The van der Waals surface area contributed by atoms with Crippen LogP contribution in [0.5, 0.6) is 23.0 Å². The van der Waals surface area contributed by atoms with Crippen LogP contribution >= 0.6 is 11.3 Å². The summed E-state index contributed by atoms with van der Waals surface area (Å²) in [5.41, 5.74) is 8.63. The molecule has 0 fully saturated rings. The lowest BCUT2D eigenvalue weighted by Crippen LogP contribution is -1.96. The average Bonchev–Trinajstić information content (AvgIpc) is 3.09. The zero-order valence-electron chi connectivity index (χ0n) is 15.7. The lowest BCUT2D eigenvalue weighted by Gasteiger charge is -2.14. The van der Waals surface area contributed by atoms with Crippen molar-refractivity contribution < 1.29 is 18.9 Å². The normalized spacial score (nSPS) is 10.5. The molecule has 0 aliphatic rings. The third-order valence-corrected chi connectivity index (χ3v) is 4.94. The van der Waals surface area contributed by atoms with Gasteiger partial charge in [-0.05, 0) is 48.9 Å². The maximum absolute atomic E-state index is 6.02. The van der Waals surface area contributed by atoms with E-state index in [2.05, 4.69) is 4.98 Å². The van der Waals surface area contributed by atoms with Crippen molar-refractivity contribution >= 4 is 16.5 Å². The monoisotopic (exact) mass is 386 g/mol. The summed E-state index contributed by atoms with van der Waals surface area (Å²) in [6.45, 7) is 2.59. The second kappa shape index (κ2) is 8.18. The van der Waals surface area contributed by atoms with E-state index in [1.807, 2.05) is 43.3 Å². The number of nitrogen functional groups attached to an aromatic ring is 1. The maximum atomic E-state index is 6.02. The summed E-state index contributed by atoms with van der Waals surface area (Å²) in [5.74, 6) is 2.50. The van der Waals surface area contributed by atoms with Crippen LogP contribution in [0.3, 0.4) is 0 Å². The molecule has 27 heavy (non-hydrogen) atoms. The molecule has 1 heterocycles. The van der Waals surface area contributed by atoms with Crippen molar-refractivity contribution in [2.75, 3.05) is 33.7 Å². The van der Waals surface area contributed by atoms with Crippen molar-refractivity contribution in [1.82, 2.24) is 4.98 Å². The van der Waals surface area contributed by atoms with E-state index < -0.39 is 0 Å². The maximum Gasteiger partial charge on any atom is 0.203 e. The van der Waals surface area contributed by atoms with Crippen LogP contribution < -0.4 is 24.7 Å². The largest absolute Gasteiger partial charge is 0.494 e. The highest BCUT2D eigenvalue weighted by molar-refractivity contribution is 7.19. The standard InChI is InChI=1S/C20H22N2O4S/c1-5-26-14-8-6-12(7-9-14)19-17(22-20(21)27-19)13-10-15(23-2)18(25-4)16(11-13)24-3/h6-11H,5H2,1-4H3,(H2,21,22). The Morgan fingerprint density at radius 2 is 1.56 bits per heavy atom.